The maximum atomic E-state index is 13.0. The molecule has 0 heterocycles. The zero-order valence-electron chi connectivity index (χ0n) is 21.4. The van der Waals surface area contributed by atoms with E-state index in [0.717, 1.165) is 5.56 Å². The Hall–Kier alpha value is -2.93. The highest BCUT2D eigenvalue weighted by Gasteiger charge is 2.27. The Morgan fingerprint density at radius 2 is 1.71 bits per heavy atom. The average Bonchev–Trinajstić information content (AvgIpc) is 2.83. The molecule has 0 spiro atoms. The lowest BCUT2D eigenvalue weighted by molar-refractivity contribution is -0.150. The van der Waals surface area contributed by atoms with Crippen molar-refractivity contribution in [3.8, 4) is 0 Å². The van der Waals surface area contributed by atoms with E-state index in [1.807, 2.05) is 44.2 Å². The highest BCUT2D eigenvalue weighted by atomic mass is 16.5. The smallest absolute Gasteiger partial charge is 0.309 e. The molecule has 4 atom stereocenters. The molecule has 1 aromatic carbocycles. The zero-order chi connectivity index (χ0) is 26.2. The SMILES string of the molecule is C=CCC[C@H](Cc1ccccc1)C(=O)OC[C@@H](NC(=O)[C@@H](CC=C)CC(=O)N[C@H](C)CO)C(C)C. The van der Waals surface area contributed by atoms with Gasteiger partial charge in [-0.15, -0.1) is 13.2 Å². The number of carbonyl (C=O) groups excluding carboxylic acids is 3. The van der Waals surface area contributed by atoms with Crippen LogP contribution in [0.2, 0.25) is 0 Å². The van der Waals surface area contributed by atoms with E-state index < -0.39 is 12.0 Å². The Labute approximate surface area is 210 Å². The third kappa shape index (κ3) is 11.9. The lowest BCUT2D eigenvalue weighted by Crippen LogP contribution is -2.46. The van der Waals surface area contributed by atoms with Gasteiger partial charge in [0.25, 0.3) is 0 Å². The van der Waals surface area contributed by atoms with E-state index in [4.69, 9.17) is 9.84 Å². The van der Waals surface area contributed by atoms with Crippen molar-refractivity contribution < 1.29 is 24.2 Å². The fourth-order valence-corrected chi connectivity index (χ4v) is 3.60. The Bertz CT molecular complexity index is 809. The molecule has 0 aromatic heterocycles. The molecule has 0 aliphatic heterocycles. The van der Waals surface area contributed by atoms with Crippen LogP contribution in [0.3, 0.4) is 0 Å². The van der Waals surface area contributed by atoms with Crippen LogP contribution < -0.4 is 10.6 Å². The van der Waals surface area contributed by atoms with Crippen molar-refractivity contribution in [3.05, 3.63) is 61.2 Å². The Balaban J connectivity index is 2.77. The molecule has 0 fully saturated rings. The summed E-state index contributed by atoms with van der Waals surface area (Å²) in [4.78, 5) is 38.1. The van der Waals surface area contributed by atoms with Crippen molar-refractivity contribution in [2.24, 2.45) is 17.8 Å². The number of rotatable bonds is 17. The first-order chi connectivity index (χ1) is 16.7. The normalized spacial score (nSPS) is 14.3. The number of allylic oxidation sites excluding steroid dienone is 2. The minimum Gasteiger partial charge on any atom is -0.463 e. The summed E-state index contributed by atoms with van der Waals surface area (Å²) in [6, 6.07) is 9.02. The van der Waals surface area contributed by atoms with Crippen LogP contribution in [0.25, 0.3) is 0 Å². The van der Waals surface area contributed by atoms with Crippen LogP contribution in [0.1, 0.15) is 52.0 Å². The molecule has 0 radical (unpaired) electrons. The highest BCUT2D eigenvalue weighted by Crippen LogP contribution is 2.18. The third-order valence-electron chi connectivity index (χ3n) is 5.85. The number of nitrogens with one attached hydrogen (secondary N) is 2. The van der Waals surface area contributed by atoms with Gasteiger partial charge in [0.15, 0.2) is 0 Å². The van der Waals surface area contributed by atoms with Crippen LogP contribution >= 0.6 is 0 Å². The first kappa shape index (κ1) is 30.1. The van der Waals surface area contributed by atoms with Crippen LogP contribution in [0, 0.1) is 17.8 Å². The second kappa shape index (κ2) is 16.7. The summed E-state index contributed by atoms with van der Waals surface area (Å²) in [6.07, 6.45) is 5.63. The van der Waals surface area contributed by atoms with Gasteiger partial charge in [-0.2, -0.15) is 0 Å². The van der Waals surface area contributed by atoms with Gasteiger partial charge in [0, 0.05) is 12.5 Å². The molecule has 0 unspecified atom stereocenters. The molecule has 2 amide bonds. The minimum absolute atomic E-state index is 0.0140. The molecule has 0 saturated carbocycles. The molecule has 1 rings (SSSR count). The van der Waals surface area contributed by atoms with Crippen molar-refractivity contribution >= 4 is 17.8 Å². The predicted molar refractivity (Wildman–Crippen MR) is 138 cm³/mol. The number of hydrogen-bond acceptors (Lipinski definition) is 5. The van der Waals surface area contributed by atoms with Crippen molar-refractivity contribution in [3.63, 3.8) is 0 Å². The van der Waals surface area contributed by atoms with Gasteiger partial charge < -0.3 is 20.5 Å². The Morgan fingerprint density at radius 3 is 2.29 bits per heavy atom. The third-order valence-corrected chi connectivity index (χ3v) is 5.85. The molecule has 7 heteroatoms. The number of esters is 1. The standard InChI is InChI=1S/C28H42N2O5/c1-6-8-15-24(16-22-13-10-9-11-14-22)28(34)35-19-25(20(3)4)30-27(33)23(12-7-2)17-26(32)29-21(5)18-31/h6-7,9-11,13-14,20-21,23-25,31H,1-2,8,12,15-19H2,3-5H3,(H,29,32)(H,30,33)/t21-,23+,24-,25-/m1/s1. The van der Waals surface area contributed by atoms with Crippen LogP contribution in [0.4, 0.5) is 0 Å². The summed E-state index contributed by atoms with van der Waals surface area (Å²) in [5.41, 5.74) is 1.06. The molecule has 0 aliphatic rings. The summed E-state index contributed by atoms with van der Waals surface area (Å²) < 4.78 is 5.67. The number of amides is 2. The van der Waals surface area contributed by atoms with Crippen LogP contribution in [-0.4, -0.2) is 48.2 Å². The van der Waals surface area contributed by atoms with Gasteiger partial charge in [-0.05, 0) is 44.1 Å². The predicted octanol–water partition coefficient (Wildman–Crippen LogP) is 3.57. The van der Waals surface area contributed by atoms with Crippen LogP contribution in [0.15, 0.2) is 55.6 Å². The number of hydrogen-bond donors (Lipinski definition) is 3. The second-order valence-electron chi connectivity index (χ2n) is 9.32. The lowest BCUT2D eigenvalue weighted by Gasteiger charge is -2.26. The second-order valence-corrected chi connectivity index (χ2v) is 9.32. The van der Waals surface area contributed by atoms with E-state index in [0.29, 0.717) is 25.7 Å². The molecule has 0 saturated heterocycles. The van der Waals surface area contributed by atoms with Crippen molar-refractivity contribution in [1.82, 2.24) is 10.6 Å². The van der Waals surface area contributed by atoms with Gasteiger partial charge in [0.1, 0.15) is 6.61 Å². The van der Waals surface area contributed by atoms with Crippen molar-refractivity contribution in [2.45, 2.75) is 65.0 Å². The molecule has 7 nitrogen and oxygen atoms in total. The fraction of sp³-hybridized carbons (Fsp3) is 0.536. The fourth-order valence-electron chi connectivity index (χ4n) is 3.60. The van der Waals surface area contributed by atoms with Gasteiger partial charge >= 0.3 is 5.97 Å². The number of aliphatic hydroxyl groups excluding tert-OH is 1. The van der Waals surface area contributed by atoms with Gasteiger partial charge in [-0.3, -0.25) is 14.4 Å². The molecular weight excluding hydrogens is 444 g/mol. The Kier molecular flexibility index (Phi) is 14.3. The van der Waals surface area contributed by atoms with Gasteiger partial charge in [0.05, 0.1) is 24.5 Å². The van der Waals surface area contributed by atoms with E-state index in [2.05, 4.69) is 23.8 Å². The first-order valence-electron chi connectivity index (χ1n) is 12.3. The van der Waals surface area contributed by atoms with E-state index in [1.165, 1.54) is 0 Å². The van der Waals surface area contributed by atoms with Crippen LogP contribution in [0.5, 0.6) is 0 Å². The van der Waals surface area contributed by atoms with E-state index in [9.17, 15) is 14.4 Å². The van der Waals surface area contributed by atoms with Crippen molar-refractivity contribution in [2.75, 3.05) is 13.2 Å². The molecule has 3 N–H and O–H groups in total. The largest absolute Gasteiger partial charge is 0.463 e. The molecule has 35 heavy (non-hydrogen) atoms. The number of carbonyl (C=O) groups is 3. The highest BCUT2D eigenvalue weighted by molar-refractivity contribution is 5.86. The first-order valence-corrected chi connectivity index (χ1v) is 12.3. The molecule has 0 aliphatic carbocycles. The molecule has 0 bridgehead atoms. The summed E-state index contributed by atoms with van der Waals surface area (Å²) in [5.74, 6) is -1.79. The topological polar surface area (TPSA) is 105 Å². The monoisotopic (exact) mass is 486 g/mol. The van der Waals surface area contributed by atoms with Crippen LogP contribution in [-0.2, 0) is 25.5 Å². The molecular formula is C28H42N2O5. The minimum atomic E-state index is -0.603. The maximum absolute atomic E-state index is 13.0. The quantitative estimate of drug-likeness (QED) is 0.231. The summed E-state index contributed by atoms with van der Waals surface area (Å²) in [6.45, 7) is 12.9. The summed E-state index contributed by atoms with van der Waals surface area (Å²) >= 11 is 0. The van der Waals surface area contributed by atoms with Gasteiger partial charge in [0.2, 0.25) is 11.8 Å². The van der Waals surface area contributed by atoms with E-state index in [1.54, 1.807) is 19.1 Å². The van der Waals surface area contributed by atoms with Gasteiger partial charge in [-0.1, -0.05) is 56.3 Å². The molecule has 194 valence electrons. The Morgan fingerprint density at radius 1 is 1.03 bits per heavy atom. The zero-order valence-corrected chi connectivity index (χ0v) is 21.4. The molecule has 1 aromatic rings. The van der Waals surface area contributed by atoms with E-state index >= 15 is 0 Å². The number of ether oxygens (including phenoxy) is 1. The lowest BCUT2D eigenvalue weighted by atomic mass is 9.94. The summed E-state index contributed by atoms with van der Waals surface area (Å²) in [5, 5.41) is 14.7. The maximum Gasteiger partial charge on any atom is 0.309 e. The number of aliphatic hydroxyl groups is 1. The number of benzene rings is 1. The van der Waals surface area contributed by atoms with Gasteiger partial charge in [-0.25, -0.2) is 0 Å². The summed E-state index contributed by atoms with van der Waals surface area (Å²) in [7, 11) is 0. The van der Waals surface area contributed by atoms with E-state index in [-0.39, 0.29) is 55.3 Å². The van der Waals surface area contributed by atoms with Crippen molar-refractivity contribution in [1.29, 1.82) is 0 Å². The average molecular weight is 487 g/mol.